The predicted molar refractivity (Wildman–Crippen MR) is 128 cm³/mol. The molecule has 0 bridgehead atoms. The van der Waals surface area contributed by atoms with E-state index in [9.17, 15) is 5.11 Å². The Morgan fingerprint density at radius 3 is 2.54 bits per heavy atom. The summed E-state index contributed by atoms with van der Waals surface area (Å²) >= 11 is 0. The molecule has 1 aliphatic heterocycles. The molecule has 1 saturated heterocycles. The van der Waals surface area contributed by atoms with Crippen molar-refractivity contribution in [2.45, 2.75) is 84.5 Å². The third kappa shape index (κ3) is 7.95. The van der Waals surface area contributed by atoms with Crippen LogP contribution in [0.25, 0.3) is 0 Å². The highest BCUT2D eigenvalue weighted by Crippen LogP contribution is 2.42. The summed E-state index contributed by atoms with van der Waals surface area (Å²) in [4.78, 5) is 7.22. The lowest BCUT2D eigenvalue weighted by molar-refractivity contribution is -0.113. The van der Waals surface area contributed by atoms with Crippen molar-refractivity contribution in [3.63, 3.8) is 0 Å². The van der Waals surface area contributed by atoms with Gasteiger partial charge in [-0.1, -0.05) is 27.2 Å². The van der Waals surface area contributed by atoms with E-state index < -0.39 is 0 Å². The molecular formula is C21H43IN4O2. The summed E-state index contributed by atoms with van der Waals surface area (Å²) < 4.78 is 6.06. The molecule has 28 heavy (non-hydrogen) atoms. The lowest BCUT2D eigenvalue weighted by atomic mass is 9.64. The number of unbranched alkanes of at least 4 members (excludes halogenated alkanes) is 1. The number of ether oxygens (including phenoxy) is 1. The Hall–Kier alpha value is -0.120. The van der Waals surface area contributed by atoms with Crippen molar-refractivity contribution in [2.24, 2.45) is 10.4 Å². The minimum atomic E-state index is -0.0931. The van der Waals surface area contributed by atoms with Gasteiger partial charge in [0.2, 0.25) is 0 Å². The van der Waals surface area contributed by atoms with Crippen LogP contribution in [-0.2, 0) is 4.74 Å². The van der Waals surface area contributed by atoms with Gasteiger partial charge in [-0.2, -0.15) is 0 Å². The zero-order valence-electron chi connectivity index (χ0n) is 18.4. The second kappa shape index (κ2) is 13.2. The average Bonchev–Trinajstić information content (AvgIpc) is 2.65. The molecule has 1 heterocycles. The number of likely N-dealkylation sites (tertiary alicyclic amines) is 1. The van der Waals surface area contributed by atoms with Crippen molar-refractivity contribution in [3.8, 4) is 0 Å². The first-order chi connectivity index (χ1) is 13.0. The highest BCUT2D eigenvalue weighted by molar-refractivity contribution is 14.0. The van der Waals surface area contributed by atoms with Crippen molar-refractivity contribution in [2.75, 3.05) is 39.3 Å². The molecule has 0 aromatic rings. The monoisotopic (exact) mass is 510 g/mol. The van der Waals surface area contributed by atoms with E-state index >= 15 is 0 Å². The maximum absolute atomic E-state index is 9.59. The zero-order valence-corrected chi connectivity index (χ0v) is 20.7. The zero-order chi connectivity index (χ0) is 19.7. The van der Waals surface area contributed by atoms with Crippen molar-refractivity contribution in [3.05, 3.63) is 0 Å². The SMILES string of the molecule is CCCCOC1CC(NC(=NCCCN2CCC(O)CC2)NCC)C1(C)C.I. The maximum atomic E-state index is 9.59. The van der Waals surface area contributed by atoms with Gasteiger partial charge >= 0.3 is 0 Å². The van der Waals surface area contributed by atoms with E-state index in [4.69, 9.17) is 9.73 Å². The molecule has 1 aliphatic carbocycles. The fourth-order valence-electron chi connectivity index (χ4n) is 3.90. The van der Waals surface area contributed by atoms with Gasteiger partial charge in [0.05, 0.1) is 12.2 Å². The van der Waals surface area contributed by atoms with Gasteiger partial charge in [0.15, 0.2) is 5.96 Å². The first-order valence-corrected chi connectivity index (χ1v) is 11.0. The number of aliphatic hydroxyl groups excluding tert-OH is 1. The quantitative estimate of drug-likeness (QED) is 0.183. The third-order valence-electron chi connectivity index (χ3n) is 6.11. The fraction of sp³-hybridized carbons (Fsp3) is 0.952. The van der Waals surface area contributed by atoms with Crippen molar-refractivity contribution < 1.29 is 9.84 Å². The molecule has 2 aliphatic rings. The van der Waals surface area contributed by atoms with Crippen LogP contribution in [0.2, 0.25) is 0 Å². The molecule has 6 nitrogen and oxygen atoms in total. The van der Waals surface area contributed by atoms with E-state index in [1.54, 1.807) is 0 Å². The molecule has 2 atom stereocenters. The average molecular weight is 511 g/mol. The molecule has 0 aromatic heterocycles. The van der Waals surface area contributed by atoms with Gasteiger partial charge in [-0.15, -0.1) is 24.0 Å². The molecular weight excluding hydrogens is 467 g/mol. The number of piperidine rings is 1. The minimum absolute atomic E-state index is 0. The predicted octanol–water partition coefficient (Wildman–Crippen LogP) is 2.99. The molecule has 2 unspecified atom stereocenters. The van der Waals surface area contributed by atoms with Gasteiger partial charge in [-0.25, -0.2) is 0 Å². The van der Waals surface area contributed by atoms with E-state index in [-0.39, 0.29) is 35.5 Å². The number of aliphatic imine (C=N–C) groups is 1. The molecule has 7 heteroatoms. The molecule has 166 valence electrons. The Labute approximate surface area is 189 Å². The normalized spacial score (nSPS) is 25.7. The maximum Gasteiger partial charge on any atom is 0.191 e. The van der Waals surface area contributed by atoms with Gasteiger partial charge in [-0.3, -0.25) is 4.99 Å². The number of nitrogens with one attached hydrogen (secondary N) is 2. The fourth-order valence-corrected chi connectivity index (χ4v) is 3.90. The van der Waals surface area contributed by atoms with Gasteiger partial charge < -0.3 is 25.4 Å². The van der Waals surface area contributed by atoms with Crippen molar-refractivity contribution >= 4 is 29.9 Å². The number of hydrogen-bond donors (Lipinski definition) is 3. The Morgan fingerprint density at radius 1 is 1.21 bits per heavy atom. The van der Waals surface area contributed by atoms with Crippen LogP contribution in [0, 0.1) is 5.41 Å². The summed E-state index contributed by atoms with van der Waals surface area (Å²) in [6.45, 7) is 14.6. The Balaban J connectivity index is 0.00000392. The lowest BCUT2D eigenvalue weighted by Gasteiger charge is -2.52. The summed E-state index contributed by atoms with van der Waals surface area (Å²) in [6, 6.07) is 0.408. The highest BCUT2D eigenvalue weighted by Gasteiger charge is 2.49. The molecule has 0 radical (unpaired) electrons. The summed E-state index contributed by atoms with van der Waals surface area (Å²) in [7, 11) is 0. The summed E-state index contributed by atoms with van der Waals surface area (Å²) in [6.07, 6.45) is 6.51. The Bertz CT molecular complexity index is 454. The van der Waals surface area contributed by atoms with Gasteiger partial charge in [-0.05, 0) is 45.6 Å². The Kier molecular flexibility index (Phi) is 12.3. The van der Waals surface area contributed by atoms with Gasteiger partial charge in [0, 0.05) is 44.2 Å². The van der Waals surface area contributed by atoms with Crippen LogP contribution in [0.15, 0.2) is 4.99 Å². The Morgan fingerprint density at radius 2 is 1.93 bits per heavy atom. The summed E-state index contributed by atoms with van der Waals surface area (Å²) in [5.74, 6) is 0.927. The van der Waals surface area contributed by atoms with Crippen molar-refractivity contribution in [1.82, 2.24) is 15.5 Å². The minimum Gasteiger partial charge on any atom is -0.393 e. The van der Waals surface area contributed by atoms with E-state index in [0.29, 0.717) is 12.1 Å². The van der Waals surface area contributed by atoms with E-state index in [1.165, 1.54) is 6.42 Å². The second-order valence-electron chi connectivity index (χ2n) is 8.65. The summed E-state index contributed by atoms with van der Waals surface area (Å²) in [5.41, 5.74) is 0.137. The van der Waals surface area contributed by atoms with Crippen LogP contribution in [0.4, 0.5) is 0 Å². The van der Waals surface area contributed by atoms with Crippen LogP contribution in [0.3, 0.4) is 0 Å². The smallest absolute Gasteiger partial charge is 0.191 e. The topological polar surface area (TPSA) is 69.1 Å². The highest BCUT2D eigenvalue weighted by atomic mass is 127. The van der Waals surface area contributed by atoms with Crippen LogP contribution < -0.4 is 10.6 Å². The van der Waals surface area contributed by atoms with Gasteiger partial charge in [0.25, 0.3) is 0 Å². The molecule has 1 saturated carbocycles. The number of halogens is 1. The molecule has 0 spiro atoms. The van der Waals surface area contributed by atoms with E-state index in [2.05, 4.69) is 43.2 Å². The number of rotatable bonds is 10. The number of guanidine groups is 1. The molecule has 3 N–H and O–H groups in total. The van der Waals surface area contributed by atoms with Crippen LogP contribution in [-0.4, -0.2) is 73.5 Å². The lowest BCUT2D eigenvalue weighted by Crippen LogP contribution is -2.63. The standard InChI is InChI=1S/C21H42N4O2.HI/c1-5-7-15-27-19-16-18(21(19,3)4)24-20(22-6-2)23-11-8-12-25-13-9-17(26)10-14-25;/h17-19,26H,5-16H2,1-4H3,(H2,22,23,24);1H. The number of hydrogen-bond acceptors (Lipinski definition) is 4. The number of nitrogens with zero attached hydrogens (tertiary/aromatic N) is 2. The third-order valence-corrected chi connectivity index (χ3v) is 6.11. The molecule has 2 fully saturated rings. The number of aliphatic hydroxyl groups is 1. The van der Waals surface area contributed by atoms with Gasteiger partial charge in [0.1, 0.15) is 0 Å². The van der Waals surface area contributed by atoms with Crippen LogP contribution in [0.5, 0.6) is 0 Å². The summed E-state index contributed by atoms with van der Waals surface area (Å²) in [5, 5.41) is 16.6. The molecule has 2 rings (SSSR count). The first kappa shape index (κ1) is 25.9. The van der Waals surface area contributed by atoms with E-state index in [1.807, 2.05) is 0 Å². The first-order valence-electron chi connectivity index (χ1n) is 11.0. The van der Waals surface area contributed by atoms with E-state index in [0.717, 1.165) is 77.4 Å². The second-order valence-corrected chi connectivity index (χ2v) is 8.65. The largest absolute Gasteiger partial charge is 0.393 e. The molecule has 0 amide bonds. The van der Waals surface area contributed by atoms with Crippen molar-refractivity contribution in [1.29, 1.82) is 0 Å². The van der Waals surface area contributed by atoms with Crippen LogP contribution in [0.1, 0.15) is 66.2 Å². The van der Waals surface area contributed by atoms with Crippen LogP contribution >= 0.6 is 24.0 Å². The molecule has 0 aromatic carbocycles.